The highest BCUT2D eigenvalue weighted by Gasteiger charge is 2.31. The largest absolute Gasteiger partial charge is 0.494 e. The molecule has 1 aliphatic heterocycles. The summed E-state index contributed by atoms with van der Waals surface area (Å²) in [7, 11) is 0. The highest BCUT2D eigenvalue weighted by atomic mass is 16.5. The molecule has 0 spiro atoms. The molecule has 184 valence electrons. The molecule has 6 nitrogen and oxygen atoms in total. The van der Waals surface area contributed by atoms with Crippen LogP contribution >= 0.6 is 0 Å². The van der Waals surface area contributed by atoms with Crippen molar-refractivity contribution in [2.75, 3.05) is 6.61 Å². The number of ether oxygens (including phenoxy) is 3. The Morgan fingerprint density at radius 1 is 1.06 bits per heavy atom. The predicted molar refractivity (Wildman–Crippen MR) is 138 cm³/mol. The Kier molecular flexibility index (Phi) is 7.03. The van der Waals surface area contributed by atoms with Gasteiger partial charge >= 0.3 is 5.97 Å². The molecular formula is C30H30N2O4. The van der Waals surface area contributed by atoms with Crippen LogP contribution in [0, 0.1) is 11.3 Å². The van der Waals surface area contributed by atoms with Crippen LogP contribution in [0.15, 0.2) is 78.2 Å². The van der Waals surface area contributed by atoms with Gasteiger partial charge < -0.3 is 19.9 Å². The maximum atomic E-state index is 12.8. The quantitative estimate of drug-likeness (QED) is 0.332. The molecule has 36 heavy (non-hydrogen) atoms. The van der Waals surface area contributed by atoms with Crippen LogP contribution in [0.3, 0.4) is 0 Å². The Bertz CT molecular complexity index is 1340. The summed E-state index contributed by atoms with van der Waals surface area (Å²) in [4.78, 5) is 12.8. The number of rotatable bonds is 6. The molecule has 0 amide bonds. The molecule has 1 heterocycles. The molecule has 6 heteroatoms. The number of allylic oxidation sites excluding steroid dienone is 1. The third-order valence-corrected chi connectivity index (χ3v) is 6.05. The van der Waals surface area contributed by atoms with Gasteiger partial charge in [0.05, 0.1) is 18.1 Å². The third kappa shape index (κ3) is 5.21. The minimum absolute atomic E-state index is 0.00776. The van der Waals surface area contributed by atoms with E-state index in [2.05, 4.69) is 26.8 Å². The van der Waals surface area contributed by atoms with Crippen LogP contribution in [0.25, 0.3) is 0 Å². The second kappa shape index (κ2) is 10.2. The molecule has 2 N–H and O–H groups in total. The summed E-state index contributed by atoms with van der Waals surface area (Å²) in [5.74, 6) is 0.608. The van der Waals surface area contributed by atoms with Crippen molar-refractivity contribution in [3.63, 3.8) is 0 Å². The van der Waals surface area contributed by atoms with E-state index in [0.717, 1.165) is 28.9 Å². The zero-order chi connectivity index (χ0) is 25.9. The number of nitrogens with zero attached hydrogens (tertiary/aromatic N) is 1. The smallest absolute Gasteiger partial charge is 0.343 e. The molecule has 1 aliphatic rings. The molecule has 0 aliphatic carbocycles. The van der Waals surface area contributed by atoms with Crippen molar-refractivity contribution in [3.05, 3.63) is 100 Å². The zero-order valence-electron chi connectivity index (χ0n) is 21.0. The number of carbonyl (C=O) groups excluding carboxylic acids is 1. The molecule has 1 atom stereocenters. The van der Waals surface area contributed by atoms with E-state index in [0.29, 0.717) is 29.2 Å². The summed E-state index contributed by atoms with van der Waals surface area (Å²) < 4.78 is 17.2. The summed E-state index contributed by atoms with van der Waals surface area (Å²) in [5.41, 5.74) is 9.64. The lowest BCUT2D eigenvalue weighted by molar-refractivity contribution is 0.0734. The standard InChI is InChI=1S/C30H30N2O4/c1-5-15-34-22-8-6-7-20(16-22)27-24-14-13-23(17-26(24)36-28(32)25(27)18-31)35-29(33)19-9-11-21(12-10-19)30(2,3)4/h6-14,16-17,27H,5,15,32H2,1-4H3. The molecule has 4 rings (SSSR count). The average molecular weight is 483 g/mol. The van der Waals surface area contributed by atoms with Gasteiger partial charge in [-0.25, -0.2) is 4.79 Å². The minimum Gasteiger partial charge on any atom is -0.494 e. The normalized spacial score (nSPS) is 14.9. The molecular weight excluding hydrogens is 452 g/mol. The molecule has 1 unspecified atom stereocenters. The lowest BCUT2D eigenvalue weighted by Gasteiger charge is -2.27. The number of nitriles is 1. The summed E-state index contributed by atoms with van der Waals surface area (Å²) in [5, 5.41) is 9.83. The van der Waals surface area contributed by atoms with E-state index in [9.17, 15) is 10.1 Å². The summed E-state index contributed by atoms with van der Waals surface area (Å²) in [6.45, 7) is 9.00. The van der Waals surface area contributed by atoms with E-state index in [1.165, 1.54) is 0 Å². The molecule has 0 fully saturated rings. The Labute approximate surface area is 211 Å². The van der Waals surface area contributed by atoms with Crippen molar-refractivity contribution in [1.29, 1.82) is 5.26 Å². The van der Waals surface area contributed by atoms with Gasteiger partial charge in [-0.3, -0.25) is 0 Å². The van der Waals surface area contributed by atoms with Gasteiger partial charge in [-0.1, -0.05) is 58.0 Å². The van der Waals surface area contributed by atoms with Gasteiger partial charge in [-0.15, -0.1) is 0 Å². The molecule has 0 saturated heterocycles. The van der Waals surface area contributed by atoms with Crippen molar-refractivity contribution < 1.29 is 19.0 Å². The fourth-order valence-electron chi connectivity index (χ4n) is 4.12. The van der Waals surface area contributed by atoms with Gasteiger partial charge in [0.2, 0.25) is 5.88 Å². The van der Waals surface area contributed by atoms with Gasteiger partial charge in [-0.2, -0.15) is 5.26 Å². The molecule has 0 bridgehead atoms. The Morgan fingerprint density at radius 3 is 2.47 bits per heavy atom. The number of esters is 1. The van der Waals surface area contributed by atoms with E-state index in [4.69, 9.17) is 19.9 Å². The van der Waals surface area contributed by atoms with Crippen LogP contribution in [0.2, 0.25) is 0 Å². The number of carbonyl (C=O) groups is 1. The van der Waals surface area contributed by atoms with Gasteiger partial charge in [-0.05, 0) is 53.3 Å². The van der Waals surface area contributed by atoms with Gasteiger partial charge in [0.15, 0.2) is 0 Å². The lowest BCUT2D eigenvalue weighted by Crippen LogP contribution is -2.21. The average Bonchev–Trinajstić information content (AvgIpc) is 2.86. The number of nitrogens with two attached hydrogens (primary N) is 1. The number of fused-ring (bicyclic) bond motifs is 1. The predicted octanol–water partition coefficient (Wildman–Crippen LogP) is 6.21. The van der Waals surface area contributed by atoms with Crippen LogP contribution in [0.4, 0.5) is 0 Å². The summed E-state index contributed by atoms with van der Waals surface area (Å²) in [6.07, 6.45) is 0.892. The Hall–Kier alpha value is -4.24. The molecule has 0 aromatic heterocycles. The van der Waals surface area contributed by atoms with E-state index >= 15 is 0 Å². The van der Waals surface area contributed by atoms with E-state index in [1.807, 2.05) is 43.3 Å². The van der Waals surface area contributed by atoms with Crippen LogP contribution in [-0.2, 0) is 5.41 Å². The topological polar surface area (TPSA) is 94.6 Å². The van der Waals surface area contributed by atoms with Crippen molar-refractivity contribution in [2.45, 2.75) is 45.4 Å². The number of benzene rings is 3. The maximum Gasteiger partial charge on any atom is 0.343 e. The van der Waals surface area contributed by atoms with Crippen LogP contribution in [0.5, 0.6) is 17.2 Å². The van der Waals surface area contributed by atoms with E-state index in [1.54, 1.807) is 30.3 Å². The summed E-state index contributed by atoms with van der Waals surface area (Å²) >= 11 is 0. The van der Waals surface area contributed by atoms with Gasteiger partial charge in [0.25, 0.3) is 0 Å². The first-order valence-electron chi connectivity index (χ1n) is 12.0. The van der Waals surface area contributed by atoms with Gasteiger partial charge in [0, 0.05) is 11.6 Å². The first-order valence-corrected chi connectivity index (χ1v) is 12.0. The summed E-state index contributed by atoms with van der Waals surface area (Å²) in [6, 6.07) is 22.3. The van der Waals surface area contributed by atoms with E-state index in [-0.39, 0.29) is 11.3 Å². The minimum atomic E-state index is -0.468. The Morgan fingerprint density at radius 2 is 1.81 bits per heavy atom. The maximum absolute atomic E-state index is 12.8. The Balaban J connectivity index is 1.62. The zero-order valence-corrected chi connectivity index (χ0v) is 21.0. The molecule has 0 saturated carbocycles. The highest BCUT2D eigenvalue weighted by molar-refractivity contribution is 5.91. The molecule has 0 radical (unpaired) electrons. The second-order valence-electron chi connectivity index (χ2n) is 9.76. The highest BCUT2D eigenvalue weighted by Crippen LogP contribution is 2.44. The first kappa shape index (κ1) is 24.9. The number of hydrogen-bond donors (Lipinski definition) is 1. The van der Waals surface area contributed by atoms with E-state index < -0.39 is 11.9 Å². The van der Waals surface area contributed by atoms with Crippen LogP contribution in [-0.4, -0.2) is 12.6 Å². The number of hydrogen-bond acceptors (Lipinski definition) is 6. The SMILES string of the molecule is CCCOc1cccc(C2C(C#N)=C(N)Oc3cc(OC(=O)c4ccc(C(C)(C)C)cc4)ccc32)c1. The third-order valence-electron chi connectivity index (χ3n) is 6.05. The van der Waals surface area contributed by atoms with Crippen molar-refractivity contribution in [1.82, 2.24) is 0 Å². The van der Waals surface area contributed by atoms with Crippen molar-refractivity contribution >= 4 is 5.97 Å². The fraction of sp³-hybridized carbons (Fsp3) is 0.267. The molecule has 3 aromatic rings. The fourth-order valence-corrected chi connectivity index (χ4v) is 4.12. The monoisotopic (exact) mass is 482 g/mol. The first-order chi connectivity index (χ1) is 17.2. The van der Waals surface area contributed by atoms with Crippen molar-refractivity contribution in [3.8, 4) is 23.3 Å². The van der Waals surface area contributed by atoms with Crippen LogP contribution < -0.4 is 19.9 Å². The van der Waals surface area contributed by atoms with Crippen LogP contribution in [0.1, 0.15) is 67.1 Å². The van der Waals surface area contributed by atoms with Crippen molar-refractivity contribution in [2.24, 2.45) is 5.73 Å². The van der Waals surface area contributed by atoms with Gasteiger partial charge in [0.1, 0.15) is 28.9 Å². The molecule has 3 aromatic carbocycles. The second-order valence-corrected chi connectivity index (χ2v) is 9.76. The lowest BCUT2D eigenvalue weighted by atomic mass is 9.83.